The van der Waals surface area contributed by atoms with Gasteiger partial charge in [0.05, 0.1) is 16.5 Å². The average molecular weight is 662 g/mol. The number of carbonyl (C=O) groups is 2. The lowest BCUT2D eigenvalue weighted by Gasteiger charge is -2.35. The Bertz CT molecular complexity index is 1430. The first-order chi connectivity index (χ1) is 21.2. The molecule has 0 unspecified atom stereocenters. The van der Waals surface area contributed by atoms with E-state index in [2.05, 4.69) is 0 Å². The molecule has 1 aliphatic carbocycles. The topological polar surface area (TPSA) is 152 Å². The van der Waals surface area contributed by atoms with E-state index in [0.29, 0.717) is 12.0 Å². The van der Waals surface area contributed by atoms with Crippen molar-refractivity contribution in [1.29, 1.82) is 0 Å². The zero-order valence-electron chi connectivity index (χ0n) is 28.9. The van der Waals surface area contributed by atoms with Crippen molar-refractivity contribution in [3.05, 3.63) is 51.8 Å². The van der Waals surface area contributed by atoms with E-state index < -0.39 is 48.9 Å². The highest BCUT2D eigenvalue weighted by Crippen LogP contribution is 2.53. The summed E-state index contributed by atoms with van der Waals surface area (Å²) in [5.74, 6) is -0.779. The van der Waals surface area contributed by atoms with Crippen LogP contribution in [0.2, 0.25) is 0 Å². The van der Waals surface area contributed by atoms with Gasteiger partial charge in [-0.15, -0.1) is 0 Å². The summed E-state index contributed by atoms with van der Waals surface area (Å²) in [6.07, 6.45) is 7.13. The van der Waals surface area contributed by atoms with Crippen molar-refractivity contribution < 1.29 is 43.3 Å². The van der Waals surface area contributed by atoms with Gasteiger partial charge in [0, 0.05) is 18.0 Å². The number of benzene rings is 1. The molecule has 0 amide bonds. The highest BCUT2D eigenvalue weighted by atomic mass is 31.2. The van der Waals surface area contributed by atoms with Crippen LogP contribution < -0.4 is 4.74 Å². The third-order valence-corrected chi connectivity index (χ3v) is 10.1. The SMILES string of the molecule is Cc1cc(OC(COC(=O)C(C)(C)C)(COC(=O)C(C)(C)C)P(=O)(O)O)c(C)c(C)c1Cc1ccc(O)c(C2CCCCCC2)n1. The molecule has 0 aliphatic heterocycles. The summed E-state index contributed by atoms with van der Waals surface area (Å²) >= 11 is 0. The van der Waals surface area contributed by atoms with E-state index in [9.17, 15) is 29.0 Å². The predicted molar refractivity (Wildman–Crippen MR) is 176 cm³/mol. The zero-order valence-corrected chi connectivity index (χ0v) is 29.8. The van der Waals surface area contributed by atoms with Crippen molar-refractivity contribution >= 4 is 19.5 Å². The number of nitrogens with zero attached hydrogens (tertiary/aromatic N) is 1. The molecule has 11 heteroatoms. The van der Waals surface area contributed by atoms with Crippen molar-refractivity contribution in [3.63, 3.8) is 0 Å². The number of aromatic hydroxyl groups is 1. The van der Waals surface area contributed by atoms with Crippen molar-refractivity contribution in [1.82, 2.24) is 4.98 Å². The monoisotopic (exact) mass is 661 g/mol. The lowest BCUT2D eigenvalue weighted by atomic mass is 9.92. The van der Waals surface area contributed by atoms with Crippen molar-refractivity contribution in [3.8, 4) is 11.5 Å². The zero-order chi connectivity index (χ0) is 34.7. The first kappa shape index (κ1) is 37.5. The molecule has 1 aromatic carbocycles. The Labute approximate surface area is 273 Å². The van der Waals surface area contributed by atoms with Crippen LogP contribution >= 0.6 is 7.60 Å². The standard InChI is InChI=1S/C35H52NO9P/c1-22-18-29(45-35(46(40,41)42,20-43-31(38)33(4,5)6)21-44-32(39)34(7,8)9)24(3)23(2)27(22)19-26-16-17-28(37)30(36-26)25-14-12-10-11-13-15-25/h16-18,25,37H,10-15,19-21H2,1-9H3,(H2,40,41,42). The molecule has 1 saturated carbocycles. The van der Waals surface area contributed by atoms with Crippen LogP contribution in [0.5, 0.6) is 11.5 Å². The lowest BCUT2D eigenvalue weighted by molar-refractivity contribution is -0.164. The highest BCUT2D eigenvalue weighted by Gasteiger charge is 2.54. The fourth-order valence-electron chi connectivity index (χ4n) is 5.44. The molecule has 1 aromatic heterocycles. The minimum Gasteiger partial charge on any atom is -0.506 e. The van der Waals surface area contributed by atoms with Gasteiger partial charge < -0.3 is 29.1 Å². The van der Waals surface area contributed by atoms with Gasteiger partial charge in [0.25, 0.3) is 5.34 Å². The molecule has 0 saturated heterocycles. The molecule has 1 fully saturated rings. The van der Waals surface area contributed by atoms with Crippen molar-refractivity contribution in [2.75, 3.05) is 13.2 Å². The van der Waals surface area contributed by atoms with E-state index in [-0.39, 0.29) is 17.4 Å². The smallest absolute Gasteiger partial charge is 0.376 e. The second-order valence-electron chi connectivity index (χ2n) is 14.7. The van der Waals surface area contributed by atoms with Crippen LogP contribution in [0.4, 0.5) is 0 Å². The van der Waals surface area contributed by atoms with Gasteiger partial charge in [-0.25, -0.2) is 0 Å². The van der Waals surface area contributed by atoms with Crippen LogP contribution in [0.15, 0.2) is 18.2 Å². The molecule has 46 heavy (non-hydrogen) atoms. The second kappa shape index (κ2) is 14.4. The van der Waals surface area contributed by atoms with Crippen LogP contribution in [0.1, 0.15) is 120 Å². The number of hydrogen-bond acceptors (Lipinski definition) is 8. The minimum atomic E-state index is -5.24. The first-order valence-corrected chi connectivity index (χ1v) is 17.6. The van der Waals surface area contributed by atoms with E-state index in [0.717, 1.165) is 53.8 Å². The number of pyridine rings is 1. The molecule has 3 N–H and O–H groups in total. The number of rotatable bonds is 10. The molecule has 256 valence electrons. The maximum absolute atomic E-state index is 13.1. The summed E-state index contributed by atoms with van der Waals surface area (Å²) < 4.78 is 30.1. The van der Waals surface area contributed by atoms with E-state index >= 15 is 0 Å². The molecule has 0 radical (unpaired) electrons. The fraction of sp³-hybridized carbons (Fsp3) is 0.629. The first-order valence-electron chi connectivity index (χ1n) is 16.0. The lowest BCUT2D eigenvalue weighted by Crippen LogP contribution is -2.48. The number of hydrogen-bond donors (Lipinski definition) is 3. The number of ether oxygens (including phenoxy) is 3. The number of aryl methyl sites for hydroxylation is 1. The van der Waals surface area contributed by atoms with Gasteiger partial charge in [-0.3, -0.25) is 19.1 Å². The minimum absolute atomic E-state index is 0.165. The Balaban J connectivity index is 2.01. The summed E-state index contributed by atoms with van der Waals surface area (Å²) in [6, 6.07) is 5.22. The summed E-state index contributed by atoms with van der Waals surface area (Å²) in [7, 11) is -5.24. The third-order valence-electron chi connectivity index (χ3n) is 8.68. The average Bonchev–Trinajstić information content (AvgIpc) is 3.23. The summed E-state index contributed by atoms with van der Waals surface area (Å²) in [5.41, 5.74) is 2.86. The Morgan fingerprint density at radius 3 is 1.87 bits per heavy atom. The fourth-order valence-corrected chi connectivity index (χ4v) is 6.12. The maximum atomic E-state index is 13.1. The molecule has 1 heterocycles. The molecule has 2 aromatic rings. The summed E-state index contributed by atoms with van der Waals surface area (Å²) in [6.45, 7) is 13.6. The molecule has 0 spiro atoms. The van der Waals surface area contributed by atoms with E-state index in [1.54, 1.807) is 60.6 Å². The van der Waals surface area contributed by atoms with Crippen LogP contribution in [0.3, 0.4) is 0 Å². The van der Waals surface area contributed by atoms with Gasteiger partial charge in [-0.1, -0.05) is 25.7 Å². The largest absolute Gasteiger partial charge is 0.506 e. The Morgan fingerprint density at radius 2 is 1.39 bits per heavy atom. The van der Waals surface area contributed by atoms with E-state index in [4.69, 9.17) is 19.2 Å². The van der Waals surface area contributed by atoms with Crippen molar-refractivity contribution in [2.24, 2.45) is 10.8 Å². The van der Waals surface area contributed by atoms with Gasteiger partial charge in [0.2, 0.25) is 0 Å². The number of carbonyl (C=O) groups excluding carboxylic acids is 2. The second-order valence-corrected chi connectivity index (χ2v) is 16.6. The molecule has 0 bridgehead atoms. The van der Waals surface area contributed by atoms with Gasteiger partial charge >= 0.3 is 19.5 Å². The molecular formula is C35H52NO9P. The summed E-state index contributed by atoms with van der Waals surface area (Å²) in [4.78, 5) is 51.6. The van der Waals surface area contributed by atoms with Gasteiger partial charge in [0.1, 0.15) is 24.7 Å². The maximum Gasteiger partial charge on any atom is 0.376 e. The van der Waals surface area contributed by atoms with E-state index in [1.165, 1.54) is 12.8 Å². The normalized spacial score (nSPS) is 15.3. The van der Waals surface area contributed by atoms with Gasteiger partial charge in [0.15, 0.2) is 0 Å². The van der Waals surface area contributed by atoms with Gasteiger partial charge in [-0.2, -0.15) is 0 Å². The van der Waals surface area contributed by atoms with Crippen LogP contribution in [-0.4, -0.2) is 50.4 Å². The van der Waals surface area contributed by atoms with Crippen molar-refractivity contribution in [2.45, 2.75) is 119 Å². The van der Waals surface area contributed by atoms with E-state index in [1.807, 2.05) is 19.9 Å². The summed E-state index contributed by atoms with van der Waals surface area (Å²) in [5, 5.41) is 8.15. The number of esters is 2. The predicted octanol–water partition coefficient (Wildman–Crippen LogP) is 7.17. The van der Waals surface area contributed by atoms with Crippen LogP contribution in [0, 0.1) is 31.6 Å². The molecule has 3 rings (SSSR count). The Kier molecular flexibility index (Phi) is 11.8. The molecule has 1 aliphatic rings. The Hall–Kier alpha value is -2.94. The highest BCUT2D eigenvalue weighted by molar-refractivity contribution is 7.53. The molecule has 0 atom stereocenters. The Morgan fingerprint density at radius 1 is 0.870 bits per heavy atom. The molecular weight excluding hydrogens is 609 g/mol. The van der Waals surface area contributed by atoms with Crippen LogP contribution in [-0.2, 0) is 30.0 Å². The number of aromatic nitrogens is 1. The van der Waals surface area contributed by atoms with Crippen LogP contribution in [0.25, 0.3) is 0 Å². The van der Waals surface area contributed by atoms with Gasteiger partial charge in [-0.05, 0) is 116 Å². The third kappa shape index (κ3) is 9.11. The molecule has 10 nitrogen and oxygen atoms in total. The quantitative estimate of drug-likeness (QED) is 0.136.